The number of carbonyl (C=O) groups excluding carboxylic acids is 1. The summed E-state index contributed by atoms with van der Waals surface area (Å²) in [6.07, 6.45) is 1.41. The van der Waals surface area contributed by atoms with Crippen LogP contribution in [0.25, 0.3) is 0 Å². The second-order valence-corrected chi connectivity index (χ2v) is 6.09. The minimum Gasteiger partial charge on any atom is -0.464 e. The van der Waals surface area contributed by atoms with Crippen molar-refractivity contribution in [2.24, 2.45) is 0 Å². The molecular weight excluding hydrogens is 401 g/mol. The molecule has 0 unspecified atom stereocenters. The monoisotopic (exact) mass is 415 g/mol. The Balaban J connectivity index is 1.68. The first-order valence-electron chi connectivity index (χ1n) is 8.41. The third-order valence-electron chi connectivity index (χ3n) is 4.01. The zero-order valence-corrected chi connectivity index (χ0v) is 15.4. The van der Waals surface area contributed by atoms with E-state index in [2.05, 4.69) is 10.4 Å². The zero-order valence-electron chi connectivity index (χ0n) is 15.4. The van der Waals surface area contributed by atoms with E-state index in [0.717, 1.165) is 18.2 Å². The number of rotatable bonds is 7. The van der Waals surface area contributed by atoms with E-state index in [9.17, 15) is 29.4 Å². The molecular formula is C18H14FN5O6. The third-order valence-corrected chi connectivity index (χ3v) is 4.01. The van der Waals surface area contributed by atoms with E-state index in [1.807, 2.05) is 0 Å². The number of hydrogen-bond acceptors (Lipinski definition) is 7. The molecule has 2 aromatic carbocycles. The molecule has 0 atom stereocenters. The van der Waals surface area contributed by atoms with Gasteiger partial charge in [-0.3, -0.25) is 25.0 Å². The van der Waals surface area contributed by atoms with Gasteiger partial charge in [0.1, 0.15) is 5.82 Å². The van der Waals surface area contributed by atoms with Crippen LogP contribution in [0.15, 0.2) is 48.7 Å². The normalized spacial score (nSPS) is 10.5. The van der Waals surface area contributed by atoms with Gasteiger partial charge in [0.15, 0.2) is 12.4 Å². The average Bonchev–Trinajstić information content (AvgIpc) is 3.16. The van der Waals surface area contributed by atoms with Crippen molar-refractivity contribution in [2.75, 3.05) is 5.32 Å². The molecule has 0 aliphatic rings. The molecule has 0 radical (unpaired) electrons. The molecule has 1 aromatic heterocycles. The van der Waals surface area contributed by atoms with E-state index in [1.165, 1.54) is 35.1 Å². The Morgan fingerprint density at radius 1 is 1.17 bits per heavy atom. The van der Waals surface area contributed by atoms with E-state index in [4.69, 9.17) is 4.74 Å². The molecule has 1 heterocycles. The van der Waals surface area contributed by atoms with Gasteiger partial charge >= 0.3 is 5.69 Å². The Bertz CT molecular complexity index is 1150. The first-order valence-corrected chi connectivity index (χ1v) is 8.41. The number of halogens is 1. The summed E-state index contributed by atoms with van der Waals surface area (Å²) in [6, 6.07) is 8.20. The second kappa shape index (κ2) is 8.34. The van der Waals surface area contributed by atoms with Crippen LogP contribution in [0, 0.1) is 33.0 Å². The fourth-order valence-electron chi connectivity index (χ4n) is 2.53. The standard InChI is InChI=1S/C18H14FN5O6/c1-11-8-13(23(26)27)3-4-14(11)20-18(25)15-6-7-22(21-15)10-30-17-9-12(19)2-5-16(17)24(28)29/h2-9H,10H2,1H3,(H,20,25). The molecule has 1 amide bonds. The predicted octanol–water partition coefficient (Wildman–Crippen LogP) is 3.44. The maximum atomic E-state index is 13.3. The summed E-state index contributed by atoms with van der Waals surface area (Å²) in [6.45, 7) is 1.31. The van der Waals surface area contributed by atoms with Gasteiger partial charge in [-0.05, 0) is 30.7 Å². The Morgan fingerprint density at radius 3 is 2.60 bits per heavy atom. The molecule has 0 aliphatic heterocycles. The van der Waals surface area contributed by atoms with Gasteiger partial charge in [0.2, 0.25) is 5.75 Å². The maximum Gasteiger partial charge on any atom is 0.311 e. The summed E-state index contributed by atoms with van der Waals surface area (Å²) in [5.41, 5.74) is 0.393. The largest absolute Gasteiger partial charge is 0.464 e. The summed E-state index contributed by atoms with van der Waals surface area (Å²) in [7, 11) is 0. The molecule has 154 valence electrons. The number of carbonyl (C=O) groups is 1. The van der Waals surface area contributed by atoms with Crippen LogP contribution in [-0.4, -0.2) is 25.5 Å². The lowest BCUT2D eigenvalue weighted by molar-refractivity contribution is -0.386. The molecule has 3 rings (SSSR count). The van der Waals surface area contributed by atoms with Crippen molar-refractivity contribution in [1.29, 1.82) is 0 Å². The lowest BCUT2D eigenvalue weighted by Crippen LogP contribution is -2.15. The maximum absolute atomic E-state index is 13.3. The van der Waals surface area contributed by atoms with Crippen molar-refractivity contribution in [1.82, 2.24) is 9.78 Å². The molecule has 0 saturated heterocycles. The van der Waals surface area contributed by atoms with Gasteiger partial charge < -0.3 is 10.1 Å². The molecule has 0 aliphatic carbocycles. The molecule has 3 aromatic rings. The van der Waals surface area contributed by atoms with Gasteiger partial charge in [-0.2, -0.15) is 5.10 Å². The van der Waals surface area contributed by atoms with Crippen molar-refractivity contribution < 1.29 is 23.8 Å². The van der Waals surface area contributed by atoms with Gasteiger partial charge in [0.05, 0.1) is 9.85 Å². The number of hydrogen-bond donors (Lipinski definition) is 1. The molecule has 0 saturated carbocycles. The van der Waals surface area contributed by atoms with Crippen LogP contribution < -0.4 is 10.1 Å². The first-order chi connectivity index (χ1) is 14.2. The smallest absolute Gasteiger partial charge is 0.311 e. The lowest BCUT2D eigenvalue weighted by atomic mass is 10.1. The highest BCUT2D eigenvalue weighted by atomic mass is 19.1. The summed E-state index contributed by atoms with van der Waals surface area (Å²) in [4.78, 5) is 32.9. The van der Waals surface area contributed by atoms with Gasteiger partial charge in [0, 0.05) is 36.1 Å². The number of ether oxygens (including phenoxy) is 1. The summed E-state index contributed by atoms with van der Waals surface area (Å²) < 4.78 is 19.8. The quantitative estimate of drug-likeness (QED) is 0.460. The Hall–Kier alpha value is -4.35. The van der Waals surface area contributed by atoms with Crippen LogP contribution >= 0.6 is 0 Å². The third kappa shape index (κ3) is 4.55. The predicted molar refractivity (Wildman–Crippen MR) is 102 cm³/mol. The van der Waals surface area contributed by atoms with Crippen LogP contribution in [0.5, 0.6) is 5.75 Å². The van der Waals surface area contributed by atoms with Crippen molar-refractivity contribution in [3.05, 3.63) is 86.0 Å². The highest BCUT2D eigenvalue weighted by Crippen LogP contribution is 2.27. The van der Waals surface area contributed by atoms with Gasteiger partial charge in [0.25, 0.3) is 11.6 Å². The molecule has 12 heteroatoms. The number of aromatic nitrogens is 2. The fraction of sp³-hybridized carbons (Fsp3) is 0.111. The highest BCUT2D eigenvalue weighted by molar-refractivity contribution is 6.03. The minimum absolute atomic E-state index is 0.0186. The first kappa shape index (κ1) is 20.4. The molecule has 0 bridgehead atoms. The molecule has 0 fully saturated rings. The van der Waals surface area contributed by atoms with E-state index in [0.29, 0.717) is 11.3 Å². The number of benzene rings is 2. The van der Waals surface area contributed by atoms with Gasteiger partial charge in [-0.15, -0.1) is 0 Å². The van der Waals surface area contributed by atoms with Crippen LogP contribution in [0.4, 0.5) is 21.5 Å². The number of anilines is 1. The number of nitrogens with zero attached hydrogens (tertiary/aromatic N) is 4. The second-order valence-electron chi connectivity index (χ2n) is 6.09. The number of amides is 1. The minimum atomic E-state index is -0.705. The number of nitro benzene ring substituents is 2. The number of nitro groups is 2. The Morgan fingerprint density at radius 2 is 1.93 bits per heavy atom. The van der Waals surface area contributed by atoms with Crippen LogP contribution in [0.1, 0.15) is 16.1 Å². The van der Waals surface area contributed by atoms with Crippen LogP contribution in [0.3, 0.4) is 0 Å². The van der Waals surface area contributed by atoms with Crippen molar-refractivity contribution >= 4 is 23.0 Å². The SMILES string of the molecule is Cc1cc([N+](=O)[O-])ccc1NC(=O)c1ccn(COc2cc(F)ccc2[N+](=O)[O-])n1. The van der Waals surface area contributed by atoms with Crippen molar-refractivity contribution in [3.63, 3.8) is 0 Å². The molecule has 11 nitrogen and oxygen atoms in total. The summed E-state index contributed by atoms with van der Waals surface area (Å²) in [5, 5.41) is 28.4. The summed E-state index contributed by atoms with van der Waals surface area (Å²) in [5.74, 6) is -1.54. The topological polar surface area (TPSA) is 142 Å². The zero-order chi connectivity index (χ0) is 21.8. The van der Waals surface area contributed by atoms with Crippen molar-refractivity contribution in [2.45, 2.75) is 13.7 Å². The van der Waals surface area contributed by atoms with Gasteiger partial charge in [-0.1, -0.05) is 0 Å². The Kier molecular flexibility index (Phi) is 5.67. The number of non-ortho nitro benzene ring substituents is 1. The van der Waals surface area contributed by atoms with E-state index >= 15 is 0 Å². The van der Waals surface area contributed by atoms with E-state index in [1.54, 1.807) is 6.92 Å². The van der Waals surface area contributed by atoms with E-state index < -0.39 is 27.3 Å². The molecule has 30 heavy (non-hydrogen) atoms. The number of aryl methyl sites for hydroxylation is 1. The Labute approximate surface area is 168 Å². The van der Waals surface area contributed by atoms with Crippen molar-refractivity contribution in [3.8, 4) is 5.75 Å². The van der Waals surface area contributed by atoms with Crippen LogP contribution in [-0.2, 0) is 6.73 Å². The fourth-order valence-corrected chi connectivity index (χ4v) is 2.53. The summed E-state index contributed by atoms with van der Waals surface area (Å²) >= 11 is 0. The molecule has 1 N–H and O–H groups in total. The molecule has 0 spiro atoms. The van der Waals surface area contributed by atoms with Crippen LogP contribution in [0.2, 0.25) is 0 Å². The average molecular weight is 415 g/mol. The van der Waals surface area contributed by atoms with E-state index in [-0.39, 0.29) is 23.9 Å². The van der Waals surface area contributed by atoms with Gasteiger partial charge in [-0.25, -0.2) is 9.07 Å². The number of nitrogens with one attached hydrogen (secondary N) is 1. The lowest BCUT2D eigenvalue weighted by Gasteiger charge is -2.08. The highest BCUT2D eigenvalue weighted by Gasteiger charge is 2.17.